The summed E-state index contributed by atoms with van der Waals surface area (Å²) < 4.78 is 0. The lowest BCUT2D eigenvalue weighted by Gasteiger charge is -2.34. The number of nitrogens with zero attached hydrogens (tertiary/aromatic N) is 1. The van der Waals surface area contributed by atoms with E-state index in [1.807, 2.05) is 0 Å². The van der Waals surface area contributed by atoms with Crippen LogP contribution in [0.1, 0.15) is 25.7 Å². The molecule has 2 unspecified atom stereocenters. The average molecular weight is 212 g/mol. The lowest BCUT2D eigenvalue weighted by Crippen LogP contribution is -2.39. The van der Waals surface area contributed by atoms with Crippen LogP contribution in [0, 0.1) is 11.8 Å². The molecule has 0 amide bonds. The van der Waals surface area contributed by atoms with Crippen LogP contribution in [-0.2, 0) is 0 Å². The van der Waals surface area contributed by atoms with E-state index >= 15 is 0 Å². The van der Waals surface area contributed by atoms with Gasteiger partial charge in [0.1, 0.15) is 0 Å². The van der Waals surface area contributed by atoms with E-state index in [9.17, 15) is 0 Å². The van der Waals surface area contributed by atoms with Gasteiger partial charge in [0, 0.05) is 19.7 Å². The molecular formula is C12H24N2O. The van der Waals surface area contributed by atoms with Gasteiger partial charge in [-0.05, 0) is 57.2 Å². The van der Waals surface area contributed by atoms with Gasteiger partial charge in [0.15, 0.2) is 0 Å². The van der Waals surface area contributed by atoms with Crippen LogP contribution in [0.4, 0.5) is 0 Å². The predicted octanol–water partition coefficient (Wildman–Crippen LogP) is 0.690. The largest absolute Gasteiger partial charge is 0.396 e. The van der Waals surface area contributed by atoms with Crippen molar-refractivity contribution in [1.29, 1.82) is 0 Å². The fourth-order valence-electron chi connectivity index (χ4n) is 2.97. The zero-order valence-electron chi connectivity index (χ0n) is 9.62. The fourth-order valence-corrected chi connectivity index (χ4v) is 2.97. The number of aliphatic hydroxyl groups excluding tert-OH is 1. The Morgan fingerprint density at radius 2 is 2.20 bits per heavy atom. The van der Waals surface area contributed by atoms with Crippen molar-refractivity contribution in [3.05, 3.63) is 0 Å². The molecule has 0 radical (unpaired) electrons. The third-order valence-electron chi connectivity index (χ3n) is 3.82. The Kier molecular flexibility index (Phi) is 4.42. The van der Waals surface area contributed by atoms with Crippen molar-refractivity contribution in [3.63, 3.8) is 0 Å². The maximum atomic E-state index is 8.96. The number of hydrogen-bond acceptors (Lipinski definition) is 3. The van der Waals surface area contributed by atoms with E-state index in [1.54, 1.807) is 0 Å². The molecule has 2 aliphatic rings. The molecule has 0 aromatic carbocycles. The lowest BCUT2D eigenvalue weighted by atomic mass is 9.94. The molecule has 2 saturated heterocycles. The third kappa shape index (κ3) is 3.44. The molecule has 0 aromatic heterocycles. The van der Waals surface area contributed by atoms with Crippen LogP contribution in [0.2, 0.25) is 0 Å². The summed E-state index contributed by atoms with van der Waals surface area (Å²) in [6, 6.07) is 0. The van der Waals surface area contributed by atoms with E-state index in [0.717, 1.165) is 18.3 Å². The molecule has 2 aliphatic heterocycles. The molecule has 15 heavy (non-hydrogen) atoms. The van der Waals surface area contributed by atoms with Gasteiger partial charge in [0.25, 0.3) is 0 Å². The molecule has 2 N–H and O–H groups in total. The van der Waals surface area contributed by atoms with Crippen LogP contribution >= 0.6 is 0 Å². The van der Waals surface area contributed by atoms with E-state index in [2.05, 4.69) is 10.2 Å². The zero-order valence-corrected chi connectivity index (χ0v) is 9.62. The molecule has 2 rings (SSSR count). The van der Waals surface area contributed by atoms with Gasteiger partial charge in [0.2, 0.25) is 0 Å². The van der Waals surface area contributed by atoms with Crippen molar-refractivity contribution in [2.45, 2.75) is 25.7 Å². The summed E-state index contributed by atoms with van der Waals surface area (Å²) in [5, 5.41) is 12.4. The standard InChI is InChI=1S/C12H24N2O/c15-7-4-11-2-1-6-14(9-11)10-12-3-5-13-8-12/h11-13,15H,1-10H2. The summed E-state index contributed by atoms with van der Waals surface area (Å²) in [5.41, 5.74) is 0. The molecule has 2 fully saturated rings. The van der Waals surface area contributed by atoms with Crippen LogP contribution in [0.25, 0.3) is 0 Å². The van der Waals surface area contributed by atoms with Gasteiger partial charge < -0.3 is 15.3 Å². The third-order valence-corrected chi connectivity index (χ3v) is 3.82. The number of likely N-dealkylation sites (tertiary alicyclic amines) is 1. The number of hydrogen-bond donors (Lipinski definition) is 2. The van der Waals surface area contributed by atoms with Crippen molar-refractivity contribution in [3.8, 4) is 0 Å². The Morgan fingerprint density at radius 1 is 1.27 bits per heavy atom. The second kappa shape index (κ2) is 5.83. The van der Waals surface area contributed by atoms with Crippen LogP contribution in [0.3, 0.4) is 0 Å². The summed E-state index contributed by atoms with van der Waals surface area (Å²) in [5.74, 6) is 1.62. The average Bonchev–Trinajstić information content (AvgIpc) is 2.71. The first-order valence-corrected chi connectivity index (χ1v) is 6.42. The molecule has 0 aromatic rings. The molecule has 2 heterocycles. The Hall–Kier alpha value is -0.120. The highest BCUT2D eigenvalue weighted by molar-refractivity contribution is 4.79. The van der Waals surface area contributed by atoms with E-state index in [0.29, 0.717) is 6.61 Å². The van der Waals surface area contributed by atoms with Crippen LogP contribution in [0.5, 0.6) is 0 Å². The minimum absolute atomic E-state index is 0.365. The molecule has 0 aliphatic carbocycles. The SMILES string of the molecule is OCCC1CCCN(CC2CCNC2)C1. The van der Waals surface area contributed by atoms with Crippen molar-refractivity contribution < 1.29 is 5.11 Å². The predicted molar refractivity (Wildman–Crippen MR) is 61.8 cm³/mol. The Bertz CT molecular complexity index is 178. The highest BCUT2D eigenvalue weighted by Gasteiger charge is 2.23. The van der Waals surface area contributed by atoms with E-state index in [4.69, 9.17) is 5.11 Å². The lowest BCUT2D eigenvalue weighted by molar-refractivity contribution is 0.134. The van der Waals surface area contributed by atoms with Crippen molar-refractivity contribution in [2.75, 3.05) is 39.3 Å². The summed E-state index contributed by atoms with van der Waals surface area (Å²) >= 11 is 0. The molecule has 2 atom stereocenters. The summed E-state index contributed by atoms with van der Waals surface area (Å²) in [4.78, 5) is 2.61. The van der Waals surface area contributed by atoms with Gasteiger partial charge in [0.05, 0.1) is 0 Å². The molecule has 88 valence electrons. The maximum Gasteiger partial charge on any atom is 0.0434 e. The monoisotopic (exact) mass is 212 g/mol. The topological polar surface area (TPSA) is 35.5 Å². The second-order valence-corrected chi connectivity index (χ2v) is 5.14. The van der Waals surface area contributed by atoms with Crippen LogP contribution in [0.15, 0.2) is 0 Å². The first-order valence-electron chi connectivity index (χ1n) is 6.42. The molecule has 0 spiro atoms. The second-order valence-electron chi connectivity index (χ2n) is 5.14. The minimum Gasteiger partial charge on any atom is -0.396 e. The number of rotatable bonds is 4. The van der Waals surface area contributed by atoms with E-state index in [-0.39, 0.29) is 0 Å². The molecule has 0 bridgehead atoms. The highest BCUT2D eigenvalue weighted by Crippen LogP contribution is 2.21. The summed E-state index contributed by atoms with van der Waals surface area (Å²) in [6.07, 6.45) is 4.99. The number of piperidine rings is 1. The van der Waals surface area contributed by atoms with Gasteiger partial charge >= 0.3 is 0 Å². The Labute approximate surface area is 92.8 Å². The molecule has 3 nitrogen and oxygen atoms in total. The summed E-state index contributed by atoms with van der Waals surface area (Å²) in [7, 11) is 0. The molecular weight excluding hydrogens is 188 g/mol. The van der Waals surface area contributed by atoms with Crippen molar-refractivity contribution in [2.24, 2.45) is 11.8 Å². The van der Waals surface area contributed by atoms with Crippen LogP contribution < -0.4 is 5.32 Å². The van der Waals surface area contributed by atoms with E-state index in [1.165, 1.54) is 52.0 Å². The number of nitrogens with one attached hydrogen (secondary N) is 1. The van der Waals surface area contributed by atoms with Gasteiger partial charge in [-0.3, -0.25) is 0 Å². The highest BCUT2D eigenvalue weighted by atomic mass is 16.3. The fraction of sp³-hybridized carbons (Fsp3) is 1.00. The van der Waals surface area contributed by atoms with Gasteiger partial charge in [-0.25, -0.2) is 0 Å². The number of aliphatic hydroxyl groups is 1. The summed E-state index contributed by atoms with van der Waals surface area (Å²) in [6.45, 7) is 6.55. The Morgan fingerprint density at radius 3 is 2.93 bits per heavy atom. The molecule has 0 saturated carbocycles. The Balaban J connectivity index is 1.71. The smallest absolute Gasteiger partial charge is 0.0434 e. The van der Waals surface area contributed by atoms with Gasteiger partial charge in [-0.2, -0.15) is 0 Å². The first-order chi connectivity index (χ1) is 7.38. The van der Waals surface area contributed by atoms with Crippen LogP contribution in [-0.4, -0.2) is 49.3 Å². The quantitative estimate of drug-likeness (QED) is 0.720. The minimum atomic E-state index is 0.365. The normalized spacial score (nSPS) is 33.4. The van der Waals surface area contributed by atoms with Crippen molar-refractivity contribution >= 4 is 0 Å². The van der Waals surface area contributed by atoms with Crippen molar-refractivity contribution in [1.82, 2.24) is 10.2 Å². The molecule has 3 heteroatoms. The maximum absolute atomic E-state index is 8.96. The van der Waals surface area contributed by atoms with Gasteiger partial charge in [-0.1, -0.05) is 0 Å². The van der Waals surface area contributed by atoms with Gasteiger partial charge in [-0.15, -0.1) is 0 Å². The van der Waals surface area contributed by atoms with E-state index < -0.39 is 0 Å². The zero-order chi connectivity index (χ0) is 10.5. The first kappa shape index (κ1) is 11.4.